The van der Waals surface area contributed by atoms with E-state index in [9.17, 15) is 0 Å². The summed E-state index contributed by atoms with van der Waals surface area (Å²) in [5.74, 6) is 0.386. The Morgan fingerprint density at radius 2 is 2.00 bits per heavy atom. The van der Waals surface area contributed by atoms with E-state index < -0.39 is 0 Å². The van der Waals surface area contributed by atoms with E-state index in [1.54, 1.807) is 0 Å². The molecule has 1 saturated heterocycles. The molecule has 1 unspecified atom stereocenters. The van der Waals surface area contributed by atoms with Crippen LogP contribution in [-0.4, -0.2) is 49.3 Å². The number of aliphatic hydroxyl groups is 1. The minimum atomic E-state index is 0.288. The number of nitrogens with zero attached hydrogens (tertiary/aromatic N) is 1. The van der Waals surface area contributed by atoms with Gasteiger partial charge in [-0.05, 0) is 38.4 Å². The predicted molar refractivity (Wildman–Crippen MR) is 59.4 cm³/mol. The molecule has 0 saturated carbocycles. The lowest BCUT2D eigenvalue weighted by Crippen LogP contribution is -2.37. The molecule has 0 bridgehead atoms. The first-order chi connectivity index (χ1) is 6.83. The molecule has 14 heavy (non-hydrogen) atoms. The zero-order chi connectivity index (χ0) is 10.2. The van der Waals surface area contributed by atoms with Gasteiger partial charge in [-0.25, -0.2) is 0 Å². The molecule has 1 rings (SSSR count). The molecule has 1 aliphatic heterocycles. The lowest BCUT2D eigenvalue weighted by atomic mass is 10.1. The van der Waals surface area contributed by atoms with Gasteiger partial charge in [-0.1, -0.05) is 13.3 Å². The molecular formula is C11H24N2O. The first-order valence-electron chi connectivity index (χ1n) is 5.87. The van der Waals surface area contributed by atoms with Crippen LogP contribution in [0.1, 0.15) is 26.2 Å². The Labute approximate surface area is 87.5 Å². The number of hydrogen-bond acceptors (Lipinski definition) is 3. The molecule has 0 aromatic heterocycles. The minimum Gasteiger partial charge on any atom is -0.396 e. The third kappa shape index (κ3) is 4.94. The number of aliphatic hydroxyl groups excluding tert-OH is 1. The van der Waals surface area contributed by atoms with Crippen molar-refractivity contribution < 1.29 is 5.11 Å². The van der Waals surface area contributed by atoms with Crippen molar-refractivity contribution in [2.24, 2.45) is 5.92 Å². The van der Waals surface area contributed by atoms with Crippen LogP contribution in [0.25, 0.3) is 0 Å². The fourth-order valence-electron chi connectivity index (χ4n) is 1.83. The number of likely N-dealkylation sites (tertiary alicyclic amines) is 1. The SMILES string of the molecule is CC(CO)CNCCN1CCCCC1. The van der Waals surface area contributed by atoms with Crippen LogP contribution in [0.2, 0.25) is 0 Å². The van der Waals surface area contributed by atoms with Crippen molar-refractivity contribution in [3.05, 3.63) is 0 Å². The molecule has 0 spiro atoms. The lowest BCUT2D eigenvalue weighted by molar-refractivity contribution is 0.216. The van der Waals surface area contributed by atoms with E-state index >= 15 is 0 Å². The van der Waals surface area contributed by atoms with Gasteiger partial charge in [-0.2, -0.15) is 0 Å². The highest BCUT2D eigenvalue weighted by molar-refractivity contribution is 4.65. The van der Waals surface area contributed by atoms with Gasteiger partial charge in [0.25, 0.3) is 0 Å². The van der Waals surface area contributed by atoms with E-state index in [-0.39, 0.29) is 6.61 Å². The Hall–Kier alpha value is -0.120. The van der Waals surface area contributed by atoms with Crippen LogP contribution in [-0.2, 0) is 0 Å². The van der Waals surface area contributed by atoms with Gasteiger partial charge < -0.3 is 15.3 Å². The van der Waals surface area contributed by atoms with Gasteiger partial charge in [-0.3, -0.25) is 0 Å². The summed E-state index contributed by atoms with van der Waals surface area (Å²) < 4.78 is 0. The van der Waals surface area contributed by atoms with Crippen LogP contribution in [0.4, 0.5) is 0 Å². The molecule has 1 aliphatic rings. The molecule has 3 heteroatoms. The van der Waals surface area contributed by atoms with Crippen LogP contribution >= 0.6 is 0 Å². The maximum atomic E-state index is 8.83. The highest BCUT2D eigenvalue weighted by atomic mass is 16.3. The van der Waals surface area contributed by atoms with E-state index in [1.165, 1.54) is 32.4 Å². The third-order valence-electron chi connectivity index (χ3n) is 2.86. The summed E-state index contributed by atoms with van der Waals surface area (Å²) in [6, 6.07) is 0. The number of hydrogen-bond donors (Lipinski definition) is 2. The van der Waals surface area contributed by atoms with Gasteiger partial charge >= 0.3 is 0 Å². The first-order valence-corrected chi connectivity index (χ1v) is 5.87. The van der Waals surface area contributed by atoms with Gasteiger partial charge in [0.1, 0.15) is 0 Å². The molecule has 3 nitrogen and oxygen atoms in total. The summed E-state index contributed by atoms with van der Waals surface area (Å²) in [4.78, 5) is 2.53. The molecule has 1 heterocycles. The molecule has 0 aromatic carbocycles. The van der Waals surface area contributed by atoms with Crippen LogP contribution in [0, 0.1) is 5.92 Å². The fourth-order valence-corrected chi connectivity index (χ4v) is 1.83. The maximum Gasteiger partial charge on any atom is 0.0468 e. The molecule has 1 atom stereocenters. The summed E-state index contributed by atoms with van der Waals surface area (Å²) in [5, 5.41) is 12.2. The molecule has 0 radical (unpaired) electrons. The number of rotatable bonds is 6. The van der Waals surface area contributed by atoms with Gasteiger partial charge in [0.2, 0.25) is 0 Å². The second-order valence-electron chi connectivity index (χ2n) is 4.39. The average molecular weight is 200 g/mol. The Morgan fingerprint density at radius 3 is 2.64 bits per heavy atom. The predicted octanol–water partition coefficient (Wildman–Crippen LogP) is 0.690. The van der Waals surface area contributed by atoms with E-state index in [2.05, 4.69) is 17.1 Å². The van der Waals surface area contributed by atoms with Crippen molar-refractivity contribution >= 4 is 0 Å². The largest absolute Gasteiger partial charge is 0.396 e. The summed E-state index contributed by atoms with van der Waals surface area (Å²) in [5.41, 5.74) is 0. The van der Waals surface area contributed by atoms with E-state index in [0.717, 1.165) is 19.6 Å². The fraction of sp³-hybridized carbons (Fsp3) is 1.00. The second-order valence-corrected chi connectivity index (χ2v) is 4.39. The molecule has 0 aromatic rings. The smallest absolute Gasteiger partial charge is 0.0468 e. The molecule has 0 aliphatic carbocycles. The Kier molecular flexibility index (Phi) is 6.15. The Balaban J connectivity index is 1.92. The van der Waals surface area contributed by atoms with Crippen molar-refractivity contribution in [3.63, 3.8) is 0 Å². The lowest BCUT2D eigenvalue weighted by Gasteiger charge is -2.26. The van der Waals surface area contributed by atoms with Crippen molar-refractivity contribution in [2.75, 3.05) is 39.3 Å². The summed E-state index contributed by atoms with van der Waals surface area (Å²) in [6.07, 6.45) is 4.14. The minimum absolute atomic E-state index is 0.288. The highest BCUT2D eigenvalue weighted by Crippen LogP contribution is 2.07. The topological polar surface area (TPSA) is 35.5 Å². The van der Waals surface area contributed by atoms with Crippen molar-refractivity contribution in [1.29, 1.82) is 0 Å². The monoisotopic (exact) mass is 200 g/mol. The van der Waals surface area contributed by atoms with Crippen LogP contribution < -0.4 is 5.32 Å². The quantitative estimate of drug-likeness (QED) is 0.619. The molecule has 2 N–H and O–H groups in total. The van der Waals surface area contributed by atoms with Crippen LogP contribution in [0.15, 0.2) is 0 Å². The van der Waals surface area contributed by atoms with E-state index in [1.807, 2.05) is 0 Å². The normalized spacial score (nSPS) is 21.0. The van der Waals surface area contributed by atoms with Gasteiger partial charge in [0.15, 0.2) is 0 Å². The van der Waals surface area contributed by atoms with E-state index in [4.69, 9.17) is 5.11 Å². The van der Waals surface area contributed by atoms with Crippen molar-refractivity contribution in [1.82, 2.24) is 10.2 Å². The number of nitrogens with one attached hydrogen (secondary N) is 1. The van der Waals surface area contributed by atoms with Gasteiger partial charge in [0, 0.05) is 19.7 Å². The van der Waals surface area contributed by atoms with Gasteiger partial charge in [-0.15, -0.1) is 0 Å². The first kappa shape index (κ1) is 12.0. The number of piperidine rings is 1. The Morgan fingerprint density at radius 1 is 1.29 bits per heavy atom. The van der Waals surface area contributed by atoms with Crippen LogP contribution in [0.5, 0.6) is 0 Å². The zero-order valence-electron chi connectivity index (χ0n) is 9.34. The standard InChI is InChI=1S/C11H24N2O/c1-11(10-14)9-12-5-8-13-6-3-2-4-7-13/h11-12,14H,2-10H2,1H3. The molecule has 84 valence electrons. The summed E-state index contributed by atoms with van der Waals surface area (Å²) >= 11 is 0. The average Bonchev–Trinajstić information content (AvgIpc) is 2.25. The van der Waals surface area contributed by atoms with Gasteiger partial charge in [0.05, 0.1) is 0 Å². The molecule has 0 amide bonds. The zero-order valence-corrected chi connectivity index (χ0v) is 9.34. The maximum absolute atomic E-state index is 8.83. The van der Waals surface area contributed by atoms with Crippen molar-refractivity contribution in [3.8, 4) is 0 Å². The Bertz CT molecular complexity index is 135. The third-order valence-corrected chi connectivity index (χ3v) is 2.86. The van der Waals surface area contributed by atoms with Crippen molar-refractivity contribution in [2.45, 2.75) is 26.2 Å². The van der Waals surface area contributed by atoms with Crippen LogP contribution in [0.3, 0.4) is 0 Å². The molecular weight excluding hydrogens is 176 g/mol. The van der Waals surface area contributed by atoms with E-state index in [0.29, 0.717) is 5.92 Å². The second kappa shape index (κ2) is 7.21. The molecule has 1 fully saturated rings. The summed E-state index contributed by atoms with van der Waals surface area (Å²) in [7, 11) is 0. The highest BCUT2D eigenvalue weighted by Gasteiger charge is 2.08. The summed E-state index contributed by atoms with van der Waals surface area (Å²) in [6.45, 7) is 8.06.